The number of ether oxygens (including phenoxy) is 1. The number of halogens is 1. The first-order chi connectivity index (χ1) is 15.2. The number of hydrogen-bond donors (Lipinski definition) is 1. The summed E-state index contributed by atoms with van der Waals surface area (Å²) in [6, 6.07) is 18.8. The second-order valence-corrected chi connectivity index (χ2v) is 7.34. The molecule has 7 heteroatoms. The van der Waals surface area contributed by atoms with Crippen molar-refractivity contribution in [1.29, 1.82) is 0 Å². The molecule has 2 aromatic carbocycles. The van der Waals surface area contributed by atoms with E-state index in [4.69, 9.17) is 14.3 Å². The monoisotopic (exact) mass is 417 g/mol. The van der Waals surface area contributed by atoms with Crippen LogP contribution in [0.25, 0.3) is 5.69 Å². The molecule has 5 rings (SSSR count). The Bertz CT molecular complexity index is 1210. The topological polar surface area (TPSA) is 69.3 Å². The number of nitrogens with zero attached hydrogens (tertiary/aromatic N) is 2. The number of rotatable bonds is 6. The second-order valence-electron chi connectivity index (χ2n) is 7.34. The molecular formula is C24H20FN3O3. The van der Waals surface area contributed by atoms with Crippen LogP contribution in [-0.4, -0.2) is 15.7 Å². The third kappa shape index (κ3) is 3.94. The predicted octanol–water partition coefficient (Wildman–Crippen LogP) is 4.92. The fourth-order valence-corrected chi connectivity index (χ4v) is 3.71. The molecule has 6 nitrogen and oxygen atoms in total. The van der Waals surface area contributed by atoms with Gasteiger partial charge in [0.2, 0.25) is 0 Å². The molecule has 156 valence electrons. The number of carbonyl (C=O) groups excluding carboxylic acids is 1. The summed E-state index contributed by atoms with van der Waals surface area (Å²) in [7, 11) is 0. The van der Waals surface area contributed by atoms with Gasteiger partial charge in [0.15, 0.2) is 5.76 Å². The van der Waals surface area contributed by atoms with Gasteiger partial charge in [-0.3, -0.25) is 4.79 Å². The van der Waals surface area contributed by atoms with E-state index in [1.807, 2.05) is 30.3 Å². The van der Waals surface area contributed by atoms with Crippen LogP contribution in [0.2, 0.25) is 0 Å². The first kappa shape index (κ1) is 19.1. The van der Waals surface area contributed by atoms with E-state index in [0.717, 1.165) is 36.2 Å². The molecule has 4 aromatic rings. The Balaban J connectivity index is 1.32. The van der Waals surface area contributed by atoms with Gasteiger partial charge >= 0.3 is 0 Å². The van der Waals surface area contributed by atoms with Crippen molar-refractivity contribution in [1.82, 2.24) is 9.78 Å². The van der Waals surface area contributed by atoms with E-state index in [2.05, 4.69) is 5.32 Å². The molecule has 0 fully saturated rings. The molecule has 1 N–H and O–H groups in total. The highest BCUT2D eigenvalue weighted by Crippen LogP contribution is 2.31. The van der Waals surface area contributed by atoms with Crippen molar-refractivity contribution >= 4 is 11.7 Å². The van der Waals surface area contributed by atoms with Crippen molar-refractivity contribution < 1.29 is 18.3 Å². The van der Waals surface area contributed by atoms with E-state index < -0.39 is 0 Å². The van der Waals surface area contributed by atoms with Crippen LogP contribution in [0.4, 0.5) is 10.2 Å². The van der Waals surface area contributed by atoms with Crippen LogP contribution in [0.3, 0.4) is 0 Å². The molecule has 1 aliphatic carbocycles. The van der Waals surface area contributed by atoms with Crippen LogP contribution in [0, 0.1) is 5.82 Å². The van der Waals surface area contributed by atoms with E-state index in [1.54, 1.807) is 16.8 Å². The molecule has 0 saturated carbocycles. The van der Waals surface area contributed by atoms with Crippen molar-refractivity contribution in [2.45, 2.75) is 25.9 Å². The molecular weight excluding hydrogens is 397 g/mol. The molecule has 1 amide bonds. The summed E-state index contributed by atoms with van der Waals surface area (Å²) < 4.78 is 26.0. The number of aromatic nitrogens is 2. The number of nitrogens with one attached hydrogen (secondary N) is 1. The third-order valence-corrected chi connectivity index (χ3v) is 5.22. The molecule has 0 radical (unpaired) electrons. The molecule has 0 saturated heterocycles. The molecule has 0 atom stereocenters. The van der Waals surface area contributed by atoms with E-state index in [9.17, 15) is 9.18 Å². The zero-order chi connectivity index (χ0) is 21.2. The lowest BCUT2D eigenvalue weighted by atomic mass is 10.2. The minimum absolute atomic E-state index is 0.135. The Hall–Kier alpha value is -3.87. The fraction of sp³-hybridized carbons (Fsp3) is 0.167. The Morgan fingerprint density at radius 3 is 2.68 bits per heavy atom. The number of fused-ring (bicyclic) bond motifs is 1. The number of amides is 1. The van der Waals surface area contributed by atoms with Gasteiger partial charge in [0.1, 0.15) is 29.8 Å². The average molecular weight is 417 g/mol. The summed E-state index contributed by atoms with van der Waals surface area (Å²) >= 11 is 0. The number of aryl methyl sites for hydroxylation is 1. The van der Waals surface area contributed by atoms with Gasteiger partial charge in [0.25, 0.3) is 5.91 Å². The smallest absolute Gasteiger partial charge is 0.292 e. The third-order valence-electron chi connectivity index (χ3n) is 5.22. The number of hydrogen-bond acceptors (Lipinski definition) is 4. The summed E-state index contributed by atoms with van der Waals surface area (Å²) in [4.78, 5) is 12.9. The van der Waals surface area contributed by atoms with Gasteiger partial charge in [-0.2, -0.15) is 5.10 Å². The minimum Gasteiger partial charge on any atom is -0.486 e. The Kier molecular flexibility index (Phi) is 5.00. The lowest BCUT2D eigenvalue weighted by Crippen LogP contribution is -2.15. The van der Waals surface area contributed by atoms with Crippen molar-refractivity contribution in [3.63, 3.8) is 0 Å². The highest BCUT2D eigenvalue weighted by Gasteiger charge is 2.25. The number of para-hydroxylation sites is 1. The zero-order valence-corrected chi connectivity index (χ0v) is 16.7. The van der Waals surface area contributed by atoms with Gasteiger partial charge in [-0.25, -0.2) is 9.07 Å². The van der Waals surface area contributed by atoms with Gasteiger partial charge in [-0.05, 0) is 67.8 Å². The maximum Gasteiger partial charge on any atom is 0.292 e. The lowest BCUT2D eigenvalue weighted by molar-refractivity contribution is 0.0992. The SMILES string of the molecule is O=C(Nc1c2c(nn1-c1ccccc1)CCC2)c1ccc(COc2ccc(F)cc2)o1. The van der Waals surface area contributed by atoms with Gasteiger partial charge in [0, 0.05) is 5.56 Å². The van der Waals surface area contributed by atoms with E-state index in [1.165, 1.54) is 24.3 Å². The summed E-state index contributed by atoms with van der Waals surface area (Å²) in [5.74, 6) is 1.21. The molecule has 31 heavy (non-hydrogen) atoms. The van der Waals surface area contributed by atoms with E-state index in [-0.39, 0.29) is 24.1 Å². The van der Waals surface area contributed by atoms with Crippen molar-refractivity contribution in [2.75, 3.05) is 5.32 Å². The van der Waals surface area contributed by atoms with Crippen LogP contribution in [0.15, 0.2) is 71.1 Å². The Morgan fingerprint density at radius 1 is 1.06 bits per heavy atom. The summed E-state index contributed by atoms with van der Waals surface area (Å²) in [6.45, 7) is 0.135. The number of furan rings is 1. The zero-order valence-electron chi connectivity index (χ0n) is 16.7. The average Bonchev–Trinajstić information content (AvgIpc) is 3.51. The highest BCUT2D eigenvalue weighted by molar-refractivity contribution is 6.02. The van der Waals surface area contributed by atoms with Crippen LogP contribution < -0.4 is 10.1 Å². The molecule has 0 unspecified atom stereocenters. The summed E-state index contributed by atoms with van der Waals surface area (Å²) in [5.41, 5.74) is 2.98. The standard InChI is InChI=1S/C24H20FN3O3/c25-16-9-11-18(12-10-16)30-15-19-13-14-22(31-19)24(29)26-23-20-7-4-8-21(20)27-28(23)17-5-2-1-3-6-17/h1-3,5-6,9-14H,4,7-8,15H2,(H,26,29). The lowest BCUT2D eigenvalue weighted by Gasteiger charge is -2.10. The van der Waals surface area contributed by atoms with E-state index in [0.29, 0.717) is 17.3 Å². The second kappa shape index (κ2) is 8.10. The summed E-state index contributed by atoms with van der Waals surface area (Å²) in [5, 5.41) is 7.69. The van der Waals surface area contributed by atoms with E-state index >= 15 is 0 Å². The van der Waals surface area contributed by atoms with Crippen LogP contribution >= 0.6 is 0 Å². The van der Waals surface area contributed by atoms with Crippen molar-refractivity contribution in [3.05, 3.63) is 95.3 Å². The molecule has 0 aliphatic heterocycles. The first-order valence-corrected chi connectivity index (χ1v) is 10.1. The Morgan fingerprint density at radius 2 is 1.87 bits per heavy atom. The van der Waals surface area contributed by atoms with Crippen LogP contribution in [0.5, 0.6) is 5.75 Å². The van der Waals surface area contributed by atoms with Gasteiger partial charge in [0.05, 0.1) is 11.4 Å². The number of anilines is 1. The van der Waals surface area contributed by atoms with Crippen LogP contribution in [-0.2, 0) is 19.4 Å². The predicted molar refractivity (Wildman–Crippen MR) is 113 cm³/mol. The van der Waals surface area contributed by atoms with Gasteiger partial charge in [-0.15, -0.1) is 0 Å². The minimum atomic E-state index is -0.347. The molecule has 2 heterocycles. The molecule has 0 bridgehead atoms. The molecule has 0 spiro atoms. The number of benzene rings is 2. The number of carbonyl (C=O) groups is 1. The first-order valence-electron chi connectivity index (χ1n) is 10.1. The highest BCUT2D eigenvalue weighted by atomic mass is 19.1. The quantitative estimate of drug-likeness (QED) is 0.483. The maximum atomic E-state index is 13.0. The largest absolute Gasteiger partial charge is 0.486 e. The normalized spacial score (nSPS) is 12.5. The molecule has 1 aliphatic rings. The van der Waals surface area contributed by atoms with Gasteiger partial charge < -0.3 is 14.5 Å². The van der Waals surface area contributed by atoms with Gasteiger partial charge in [-0.1, -0.05) is 18.2 Å². The Labute approximate surface area is 178 Å². The maximum absolute atomic E-state index is 13.0. The van der Waals surface area contributed by atoms with Crippen molar-refractivity contribution in [2.24, 2.45) is 0 Å². The van der Waals surface area contributed by atoms with Crippen molar-refractivity contribution in [3.8, 4) is 11.4 Å². The molecule has 2 aromatic heterocycles. The fourth-order valence-electron chi connectivity index (χ4n) is 3.71. The van der Waals surface area contributed by atoms with Crippen LogP contribution in [0.1, 0.15) is 34.0 Å². The summed E-state index contributed by atoms with van der Waals surface area (Å²) in [6.07, 6.45) is 2.82.